The summed E-state index contributed by atoms with van der Waals surface area (Å²) in [5, 5.41) is 16.9. The maximum atomic E-state index is 9.85. The number of hydrogen-bond acceptors (Lipinski definition) is 8. The fourth-order valence-corrected chi connectivity index (χ4v) is 0. The van der Waals surface area contributed by atoms with Gasteiger partial charge in [-0.3, -0.25) is 0 Å². The summed E-state index contributed by atoms with van der Waals surface area (Å²) in [4.78, 5) is -4.29. The van der Waals surface area contributed by atoms with E-state index in [1.165, 1.54) is 0 Å². The predicted octanol–water partition coefficient (Wildman–Crippen LogP) is -2.69. The van der Waals surface area contributed by atoms with Crippen molar-refractivity contribution in [3.63, 3.8) is 0 Å². The molecule has 0 atom stereocenters. The van der Waals surface area contributed by atoms with Crippen molar-refractivity contribution in [2.75, 3.05) is 0 Å². The minimum absolute atomic E-state index is 0. The van der Waals surface area contributed by atoms with E-state index >= 15 is 0 Å². The van der Waals surface area contributed by atoms with Crippen LogP contribution in [0.3, 0.4) is 0 Å². The van der Waals surface area contributed by atoms with Crippen LogP contribution in [0.25, 0.3) is 0 Å². The van der Waals surface area contributed by atoms with Gasteiger partial charge >= 0.3 is 37.7 Å². The van der Waals surface area contributed by atoms with Crippen LogP contribution in [0.1, 0.15) is 27.7 Å². The standard InChI is InChI=1S/2C3H8O4S.Ca.H2O/c2*1-3(2,4)8(5,6)7;;/h2*4H,1-2H3,(H,5,6,7);;1H2/q;;+2;/p-2. The molecule has 0 amide bonds. The zero-order valence-electron chi connectivity index (χ0n) is 10.4. The van der Waals surface area contributed by atoms with Crippen molar-refractivity contribution in [3.05, 3.63) is 0 Å². The molecule has 0 aromatic carbocycles. The Morgan fingerprint density at radius 3 is 0.833 bits per heavy atom. The zero-order valence-corrected chi connectivity index (χ0v) is 14.2. The van der Waals surface area contributed by atoms with E-state index in [0.29, 0.717) is 0 Å². The molecule has 0 radical (unpaired) electrons. The number of aliphatic hydroxyl groups is 2. The van der Waals surface area contributed by atoms with Crippen LogP contribution in [0.15, 0.2) is 0 Å². The zero-order chi connectivity index (χ0) is 14.0. The monoisotopic (exact) mass is 336 g/mol. The molecule has 0 aliphatic carbocycles. The molecule has 0 rings (SSSR count). The van der Waals surface area contributed by atoms with E-state index in [9.17, 15) is 25.9 Å². The Hall–Kier alpha value is 0.960. The van der Waals surface area contributed by atoms with Crippen LogP contribution in [-0.4, -0.2) is 89.2 Å². The third-order valence-corrected chi connectivity index (χ3v) is 3.67. The predicted molar refractivity (Wildman–Crippen MR) is 61.4 cm³/mol. The van der Waals surface area contributed by atoms with Crippen molar-refractivity contribution in [1.82, 2.24) is 0 Å². The second-order valence-electron chi connectivity index (χ2n) is 3.80. The number of rotatable bonds is 2. The molecule has 12 heteroatoms. The Bertz CT molecular complexity index is 369. The van der Waals surface area contributed by atoms with Crippen LogP contribution < -0.4 is 0 Å². The smallest absolute Gasteiger partial charge is 0.746 e. The molecule has 0 aromatic rings. The average molecular weight is 336 g/mol. The first-order valence-corrected chi connectivity index (χ1v) is 6.67. The summed E-state index contributed by atoms with van der Waals surface area (Å²) in [5.74, 6) is 0. The minimum Gasteiger partial charge on any atom is -0.746 e. The van der Waals surface area contributed by atoms with E-state index in [4.69, 9.17) is 10.2 Å². The van der Waals surface area contributed by atoms with E-state index in [1.54, 1.807) is 0 Å². The van der Waals surface area contributed by atoms with Crippen molar-refractivity contribution in [2.45, 2.75) is 37.6 Å². The molecule has 9 nitrogen and oxygen atoms in total. The van der Waals surface area contributed by atoms with E-state index in [1.807, 2.05) is 0 Å². The van der Waals surface area contributed by atoms with Gasteiger partial charge in [0.2, 0.25) is 0 Å². The molecule has 0 aliphatic heterocycles. The molecule has 0 fully saturated rings. The Kier molecular flexibility index (Phi) is 12.6. The Morgan fingerprint density at radius 2 is 0.833 bits per heavy atom. The summed E-state index contributed by atoms with van der Waals surface area (Å²) >= 11 is 0. The molecule has 0 saturated carbocycles. The second kappa shape index (κ2) is 8.29. The van der Waals surface area contributed by atoms with Gasteiger partial charge in [0, 0.05) is 0 Å². The molecule has 4 N–H and O–H groups in total. The molecular weight excluding hydrogens is 320 g/mol. The van der Waals surface area contributed by atoms with Crippen LogP contribution in [0.4, 0.5) is 0 Å². The summed E-state index contributed by atoms with van der Waals surface area (Å²) in [6, 6.07) is 0. The first-order chi connectivity index (χ1) is 6.50. The largest absolute Gasteiger partial charge is 2.00 e. The van der Waals surface area contributed by atoms with Gasteiger partial charge < -0.3 is 24.8 Å². The van der Waals surface area contributed by atoms with Crippen LogP contribution >= 0.6 is 0 Å². The Labute approximate surface area is 136 Å². The summed E-state index contributed by atoms with van der Waals surface area (Å²) in [7, 11) is -9.07. The molecular formula is C6H16CaO9S2. The van der Waals surface area contributed by atoms with Crippen LogP contribution in [0.5, 0.6) is 0 Å². The van der Waals surface area contributed by atoms with E-state index in [0.717, 1.165) is 27.7 Å². The third-order valence-electron chi connectivity index (χ3n) is 1.22. The van der Waals surface area contributed by atoms with Gasteiger partial charge in [-0.2, -0.15) is 0 Å². The average Bonchev–Trinajstić information content (AvgIpc) is 1.77. The van der Waals surface area contributed by atoms with Gasteiger partial charge in [0.1, 0.15) is 30.1 Å². The SMILES string of the molecule is CC(C)(O)S(=O)(=O)[O-].CC(C)(O)S(=O)(=O)[O-].O.[Ca+2]. The molecule has 0 aromatic heterocycles. The molecule has 0 heterocycles. The van der Waals surface area contributed by atoms with Crippen LogP contribution in [0.2, 0.25) is 0 Å². The summed E-state index contributed by atoms with van der Waals surface area (Å²) in [6.07, 6.45) is 0. The first kappa shape index (κ1) is 27.3. The maximum absolute atomic E-state index is 9.85. The maximum Gasteiger partial charge on any atom is 2.00 e. The Morgan fingerprint density at radius 1 is 0.778 bits per heavy atom. The number of hydrogen-bond donors (Lipinski definition) is 2. The van der Waals surface area contributed by atoms with Crippen LogP contribution in [0, 0.1) is 0 Å². The van der Waals surface area contributed by atoms with Crippen LogP contribution in [-0.2, 0) is 20.2 Å². The summed E-state index contributed by atoms with van der Waals surface area (Å²) in [6.45, 7) is 3.70. The van der Waals surface area contributed by atoms with Gasteiger partial charge in [0.05, 0.1) is 0 Å². The van der Waals surface area contributed by atoms with Crippen molar-refractivity contribution >= 4 is 58.0 Å². The third kappa shape index (κ3) is 12.0. The fraction of sp³-hybridized carbons (Fsp3) is 1.00. The second-order valence-corrected chi connectivity index (χ2v) is 7.62. The van der Waals surface area contributed by atoms with Crippen molar-refractivity contribution < 1.29 is 41.6 Å². The molecule has 0 bridgehead atoms. The van der Waals surface area contributed by atoms with Gasteiger partial charge in [0.15, 0.2) is 0 Å². The van der Waals surface area contributed by atoms with E-state index in [-0.39, 0.29) is 43.2 Å². The van der Waals surface area contributed by atoms with Gasteiger partial charge in [-0.1, -0.05) is 0 Å². The van der Waals surface area contributed by atoms with Gasteiger partial charge in [-0.05, 0) is 27.7 Å². The molecule has 0 unspecified atom stereocenters. The molecule has 0 spiro atoms. The van der Waals surface area contributed by atoms with Crippen molar-refractivity contribution in [2.24, 2.45) is 0 Å². The molecule has 0 aliphatic rings. The van der Waals surface area contributed by atoms with E-state index < -0.39 is 30.1 Å². The normalized spacial score (nSPS) is 12.4. The quantitative estimate of drug-likeness (QED) is 0.403. The summed E-state index contributed by atoms with van der Waals surface area (Å²) in [5.41, 5.74) is 0. The van der Waals surface area contributed by atoms with Crippen molar-refractivity contribution in [1.29, 1.82) is 0 Å². The van der Waals surface area contributed by atoms with Gasteiger partial charge in [-0.25, -0.2) is 16.8 Å². The fourth-order valence-electron chi connectivity index (χ4n) is 0. The molecule has 0 saturated heterocycles. The van der Waals surface area contributed by atoms with Crippen molar-refractivity contribution in [3.8, 4) is 0 Å². The van der Waals surface area contributed by atoms with Gasteiger partial charge in [0.25, 0.3) is 0 Å². The molecule has 18 heavy (non-hydrogen) atoms. The molecule has 108 valence electrons. The Balaban J connectivity index is -0.0000000980. The van der Waals surface area contributed by atoms with Gasteiger partial charge in [-0.15, -0.1) is 0 Å². The minimum atomic E-state index is -4.53. The summed E-state index contributed by atoms with van der Waals surface area (Å²) < 4.78 is 59.1. The first-order valence-electron chi connectivity index (χ1n) is 3.86. The van der Waals surface area contributed by atoms with E-state index in [2.05, 4.69) is 0 Å². The topological polar surface area (TPSA) is 186 Å².